The number of aromatic nitrogens is 2. The van der Waals surface area contributed by atoms with E-state index in [1.165, 1.54) is 35.1 Å². The number of amides is 1. The third kappa shape index (κ3) is 3.58. The van der Waals surface area contributed by atoms with E-state index in [1.807, 2.05) is 0 Å². The van der Waals surface area contributed by atoms with Crippen LogP contribution in [0.1, 0.15) is 0 Å². The van der Waals surface area contributed by atoms with Crippen LogP contribution < -0.4 is 11.1 Å². The molecule has 0 fully saturated rings. The van der Waals surface area contributed by atoms with Crippen LogP contribution in [0.4, 0.5) is 11.4 Å². The van der Waals surface area contributed by atoms with Crippen molar-refractivity contribution in [1.82, 2.24) is 9.78 Å². The molecule has 1 aromatic carbocycles. The summed E-state index contributed by atoms with van der Waals surface area (Å²) in [7, 11) is -3.23. The van der Waals surface area contributed by atoms with Crippen LogP contribution in [-0.2, 0) is 21.2 Å². The Balaban J connectivity index is 2.01. The third-order valence-corrected chi connectivity index (χ3v) is 3.65. The monoisotopic (exact) mass is 294 g/mol. The van der Waals surface area contributed by atoms with Crippen molar-refractivity contribution in [3.63, 3.8) is 0 Å². The third-order valence-electron chi connectivity index (χ3n) is 2.53. The molecule has 0 saturated carbocycles. The molecular weight excluding hydrogens is 280 g/mol. The van der Waals surface area contributed by atoms with Gasteiger partial charge in [-0.1, -0.05) is 0 Å². The summed E-state index contributed by atoms with van der Waals surface area (Å²) in [5.41, 5.74) is 6.49. The Morgan fingerprint density at radius 3 is 2.50 bits per heavy atom. The molecular formula is C12H14N4O3S. The van der Waals surface area contributed by atoms with Crippen LogP contribution in [-0.4, -0.2) is 30.4 Å². The second kappa shape index (κ2) is 5.33. The highest BCUT2D eigenvalue weighted by Gasteiger charge is 2.08. The van der Waals surface area contributed by atoms with E-state index in [1.54, 1.807) is 6.20 Å². The van der Waals surface area contributed by atoms with Gasteiger partial charge in [-0.3, -0.25) is 9.48 Å². The van der Waals surface area contributed by atoms with Gasteiger partial charge in [0, 0.05) is 18.1 Å². The molecule has 1 amide bonds. The summed E-state index contributed by atoms with van der Waals surface area (Å²) in [4.78, 5) is 11.9. The lowest BCUT2D eigenvalue weighted by Gasteiger charge is -2.06. The molecule has 0 unspecified atom stereocenters. The average molecular weight is 294 g/mol. The van der Waals surface area contributed by atoms with Gasteiger partial charge in [-0.05, 0) is 24.3 Å². The van der Waals surface area contributed by atoms with Crippen LogP contribution in [0.2, 0.25) is 0 Å². The van der Waals surface area contributed by atoms with E-state index in [-0.39, 0.29) is 17.3 Å². The minimum atomic E-state index is -3.23. The smallest absolute Gasteiger partial charge is 0.246 e. The van der Waals surface area contributed by atoms with Gasteiger partial charge in [0.15, 0.2) is 9.84 Å². The molecule has 8 heteroatoms. The van der Waals surface area contributed by atoms with Crippen molar-refractivity contribution in [2.24, 2.45) is 0 Å². The Hall–Kier alpha value is -2.35. The highest BCUT2D eigenvalue weighted by Crippen LogP contribution is 2.13. The van der Waals surface area contributed by atoms with Crippen molar-refractivity contribution >= 4 is 27.1 Å². The quantitative estimate of drug-likeness (QED) is 0.854. The van der Waals surface area contributed by atoms with Crippen molar-refractivity contribution in [3.05, 3.63) is 36.7 Å². The standard InChI is InChI=1S/C12H14N4O3S/c1-20(18,19)11-4-2-10(3-5-11)15-12(17)8-16-7-9(13)6-14-16/h2-7H,8,13H2,1H3,(H,15,17). The molecule has 0 saturated heterocycles. The van der Waals surface area contributed by atoms with E-state index in [4.69, 9.17) is 5.73 Å². The molecule has 7 nitrogen and oxygen atoms in total. The van der Waals surface area contributed by atoms with Crippen molar-refractivity contribution in [2.75, 3.05) is 17.3 Å². The van der Waals surface area contributed by atoms with Gasteiger partial charge in [0.25, 0.3) is 0 Å². The van der Waals surface area contributed by atoms with Gasteiger partial charge in [0.05, 0.1) is 16.8 Å². The van der Waals surface area contributed by atoms with E-state index in [0.717, 1.165) is 6.26 Å². The van der Waals surface area contributed by atoms with Crippen LogP contribution in [0, 0.1) is 0 Å². The van der Waals surface area contributed by atoms with Crippen molar-refractivity contribution < 1.29 is 13.2 Å². The number of benzene rings is 1. The van der Waals surface area contributed by atoms with Crippen LogP contribution in [0.3, 0.4) is 0 Å². The number of sulfone groups is 1. The largest absolute Gasteiger partial charge is 0.396 e. The van der Waals surface area contributed by atoms with E-state index >= 15 is 0 Å². The summed E-state index contributed by atoms with van der Waals surface area (Å²) in [5.74, 6) is -0.278. The topological polar surface area (TPSA) is 107 Å². The lowest BCUT2D eigenvalue weighted by molar-refractivity contribution is -0.116. The van der Waals surface area contributed by atoms with Crippen LogP contribution >= 0.6 is 0 Å². The summed E-state index contributed by atoms with van der Waals surface area (Å²) in [6, 6.07) is 5.95. The van der Waals surface area contributed by atoms with Gasteiger partial charge in [-0.15, -0.1) is 0 Å². The van der Waals surface area contributed by atoms with E-state index in [0.29, 0.717) is 11.4 Å². The molecule has 106 valence electrons. The molecule has 0 radical (unpaired) electrons. The Morgan fingerprint density at radius 2 is 2.00 bits per heavy atom. The lowest BCUT2D eigenvalue weighted by atomic mass is 10.3. The van der Waals surface area contributed by atoms with E-state index in [2.05, 4.69) is 10.4 Å². The van der Waals surface area contributed by atoms with Crippen LogP contribution in [0.15, 0.2) is 41.6 Å². The number of carbonyl (C=O) groups excluding carboxylic acids is 1. The number of carbonyl (C=O) groups is 1. The maximum Gasteiger partial charge on any atom is 0.246 e. The van der Waals surface area contributed by atoms with Crippen LogP contribution in [0.5, 0.6) is 0 Å². The highest BCUT2D eigenvalue weighted by molar-refractivity contribution is 7.90. The molecule has 2 aromatic rings. The average Bonchev–Trinajstić information content (AvgIpc) is 2.74. The molecule has 20 heavy (non-hydrogen) atoms. The molecule has 3 N–H and O–H groups in total. The summed E-state index contributed by atoms with van der Waals surface area (Å²) in [6.07, 6.45) is 4.13. The lowest BCUT2D eigenvalue weighted by Crippen LogP contribution is -2.19. The number of nitrogens with two attached hydrogens (primary N) is 1. The first-order valence-corrected chi connectivity index (χ1v) is 7.61. The zero-order chi connectivity index (χ0) is 14.8. The number of nitrogens with one attached hydrogen (secondary N) is 1. The molecule has 0 spiro atoms. The second-order valence-electron chi connectivity index (χ2n) is 4.32. The molecule has 1 heterocycles. The fourth-order valence-electron chi connectivity index (χ4n) is 1.60. The second-order valence-corrected chi connectivity index (χ2v) is 6.33. The molecule has 0 aliphatic carbocycles. The maximum absolute atomic E-state index is 11.7. The predicted octanol–water partition coefficient (Wildman–Crippen LogP) is 0.507. The summed E-state index contributed by atoms with van der Waals surface area (Å²) >= 11 is 0. The number of hydrogen-bond donors (Lipinski definition) is 2. The zero-order valence-corrected chi connectivity index (χ0v) is 11.6. The van der Waals surface area contributed by atoms with Gasteiger partial charge < -0.3 is 11.1 Å². The normalized spacial score (nSPS) is 11.2. The Bertz CT molecular complexity index is 719. The SMILES string of the molecule is CS(=O)(=O)c1ccc(NC(=O)Cn2cc(N)cn2)cc1. The maximum atomic E-state index is 11.7. The van der Waals surface area contributed by atoms with Crippen molar-refractivity contribution in [3.8, 4) is 0 Å². The highest BCUT2D eigenvalue weighted by atomic mass is 32.2. The number of nitrogens with zero attached hydrogens (tertiary/aromatic N) is 2. The number of hydrogen-bond acceptors (Lipinski definition) is 5. The van der Waals surface area contributed by atoms with Crippen LogP contribution in [0.25, 0.3) is 0 Å². The molecule has 1 aromatic heterocycles. The summed E-state index contributed by atoms with van der Waals surface area (Å²) in [5, 5.41) is 6.54. The van der Waals surface area contributed by atoms with E-state index in [9.17, 15) is 13.2 Å². The fraction of sp³-hybridized carbons (Fsp3) is 0.167. The first-order valence-electron chi connectivity index (χ1n) is 5.72. The number of anilines is 2. The fourth-order valence-corrected chi connectivity index (χ4v) is 2.23. The first-order chi connectivity index (χ1) is 9.34. The Labute approximate surface area is 116 Å². The molecule has 0 bridgehead atoms. The Kier molecular flexibility index (Phi) is 3.75. The van der Waals surface area contributed by atoms with Gasteiger partial charge >= 0.3 is 0 Å². The zero-order valence-electron chi connectivity index (χ0n) is 10.8. The molecule has 0 aliphatic rings. The van der Waals surface area contributed by atoms with Crippen molar-refractivity contribution in [1.29, 1.82) is 0 Å². The van der Waals surface area contributed by atoms with Gasteiger partial charge in [0.2, 0.25) is 5.91 Å². The first kappa shape index (κ1) is 14.1. The predicted molar refractivity (Wildman–Crippen MR) is 74.8 cm³/mol. The summed E-state index contributed by atoms with van der Waals surface area (Å²) < 4.78 is 24.0. The minimum absolute atomic E-state index is 0.0328. The Morgan fingerprint density at radius 1 is 1.35 bits per heavy atom. The van der Waals surface area contributed by atoms with Crippen molar-refractivity contribution in [2.45, 2.75) is 11.4 Å². The number of rotatable bonds is 4. The van der Waals surface area contributed by atoms with Gasteiger partial charge in [0.1, 0.15) is 6.54 Å². The van der Waals surface area contributed by atoms with Gasteiger partial charge in [-0.2, -0.15) is 5.10 Å². The molecule has 0 atom stereocenters. The molecule has 2 rings (SSSR count). The van der Waals surface area contributed by atoms with Gasteiger partial charge in [-0.25, -0.2) is 8.42 Å². The molecule has 0 aliphatic heterocycles. The number of nitrogen functional groups attached to an aromatic ring is 1. The summed E-state index contributed by atoms with van der Waals surface area (Å²) in [6.45, 7) is 0.0328. The van der Waals surface area contributed by atoms with E-state index < -0.39 is 9.84 Å². The minimum Gasteiger partial charge on any atom is -0.396 e.